The van der Waals surface area contributed by atoms with Crippen LogP contribution in [0.15, 0.2) is 40.9 Å². The number of hydrogen-bond acceptors (Lipinski definition) is 7. The summed E-state index contributed by atoms with van der Waals surface area (Å²) in [4.78, 5) is 15.8. The summed E-state index contributed by atoms with van der Waals surface area (Å²) in [6, 6.07) is 8.91. The van der Waals surface area contributed by atoms with Crippen molar-refractivity contribution in [1.82, 2.24) is 10.1 Å². The number of benzene rings is 2. The van der Waals surface area contributed by atoms with E-state index in [1.165, 1.54) is 31.4 Å². The Morgan fingerprint density at radius 1 is 1.28 bits per heavy atom. The smallest absolute Gasteiger partial charge is 0.387 e. The number of methoxy groups -OCH3 is 1. The molecule has 2 aromatic carbocycles. The van der Waals surface area contributed by atoms with Crippen LogP contribution in [0.25, 0.3) is 11.4 Å². The Balaban J connectivity index is 1.76. The van der Waals surface area contributed by atoms with Gasteiger partial charge in [-0.2, -0.15) is 13.8 Å². The minimum atomic E-state index is -2.98. The van der Waals surface area contributed by atoms with Crippen LogP contribution in [0.3, 0.4) is 0 Å². The van der Waals surface area contributed by atoms with Gasteiger partial charge in [0.05, 0.1) is 19.2 Å². The van der Waals surface area contributed by atoms with Crippen LogP contribution in [-0.2, 0) is 6.54 Å². The highest BCUT2D eigenvalue weighted by Gasteiger charge is 2.15. The number of amides is 1. The average molecular weight is 425 g/mol. The van der Waals surface area contributed by atoms with Gasteiger partial charge in [-0.3, -0.25) is 4.79 Å². The number of rotatable bonds is 8. The van der Waals surface area contributed by atoms with Gasteiger partial charge in [-0.1, -0.05) is 16.8 Å². The second-order valence-corrected chi connectivity index (χ2v) is 6.10. The van der Waals surface area contributed by atoms with E-state index in [1.54, 1.807) is 12.1 Å². The number of nitrogens with one attached hydrogen (secondary N) is 1. The van der Waals surface area contributed by atoms with Crippen molar-refractivity contribution in [1.29, 1.82) is 0 Å². The number of carbonyl (C=O) groups is 1. The number of carbonyl (C=O) groups excluding carboxylic acids is 1. The topological polar surface area (TPSA) is 112 Å². The van der Waals surface area contributed by atoms with Crippen LogP contribution >= 0.6 is 11.6 Å². The number of nitrogens with zero attached hydrogens (tertiary/aromatic N) is 2. The molecule has 1 aromatic heterocycles. The predicted molar refractivity (Wildman–Crippen MR) is 100 cm³/mol. The third-order valence-electron chi connectivity index (χ3n) is 3.78. The van der Waals surface area contributed by atoms with E-state index in [1.807, 2.05) is 0 Å². The van der Waals surface area contributed by atoms with Gasteiger partial charge >= 0.3 is 6.61 Å². The first-order valence-electron chi connectivity index (χ1n) is 8.16. The first kappa shape index (κ1) is 20.3. The maximum Gasteiger partial charge on any atom is 0.387 e. The molecular weight excluding hydrogens is 410 g/mol. The lowest BCUT2D eigenvalue weighted by molar-refractivity contribution is -0.0512. The number of aromatic nitrogens is 2. The van der Waals surface area contributed by atoms with Crippen molar-refractivity contribution in [3.63, 3.8) is 0 Å². The average Bonchev–Trinajstić information content (AvgIpc) is 3.15. The molecule has 0 saturated carbocycles. The van der Waals surface area contributed by atoms with Gasteiger partial charge in [0.15, 0.2) is 11.5 Å². The SMILES string of the molecule is COc1cc(-c2noc(CNc3ccc(Cl)cc3C(N)=O)n2)ccc1OC(F)F. The third-order valence-corrected chi connectivity index (χ3v) is 4.02. The van der Waals surface area contributed by atoms with Crippen LogP contribution in [0.4, 0.5) is 14.5 Å². The van der Waals surface area contributed by atoms with Crippen molar-refractivity contribution in [2.24, 2.45) is 5.73 Å². The van der Waals surface area contributed by atoms with Gasteiger partial charge in [0, 0.05) is 16.3 Å². The van der Waals surface area contributed by atoms with Crippen molar-refractivity contribution in [2.75, 3.05) is 12.4 Å². The Morgan fingerprint density at radius 3 is 2.76 bits per heavy atom. The molecule has 0 radical (unpaired) electrons. The first-order chi connectivity index (χ1) is 13.9. The lowest BCUT2D eigenvalue weighted by atomic mass is 10.1. The zero-order chi connectivity index (χ0) is 21.0. The standard InChI is InChI=1S/C18H15ClF2N4O4/c1-27-14-6-9(2-5-13(14)28-18(20)21)17-24-15(29-25-17)8-23-12-4-3-10(19)7-11(12)16(22)26/h2-7,18,23H,8H2,1H3,(H2,22,26). The van der Waals surface area contributed by atoms with Crippen LogP contribution in [0.5, 0.6) is 11.5 Å². The van der Waals surface area contributed by atoms with E-state index in [4.69, 9.17) is 26.6 Å². The summed E-state index contributed by atoms with van der Waals surface area (Å²) in [7, 11) is 1.32. The number of hydrogen-bond donors (Lipinski definition) is 2. The summed E-state index contributed by atoms with van der Waals surface area (Å²) < 4.78 is 39.5. The molecule has 0 aliphatic rings. The molecule has 11 heteroatoms. The second-order valence-electron chi connectivity index (χ2n) is 5.66. The van der Waals surface area contributed by atoms with Gasteiger partial charge < -0.3 is 25.0 Å². The third kappa shape index (κ3) is 4.91. The van der Waals surface area contributed by atoms with Crippen molar-refractivity contribution >= 4 is 23.2 Å². The minimum Gasteiger partial charge on any atom is -0.493 e. The summed E-state index contributed by atoms with van der Waals surface area (Å²) >= 11 is 5.88. The molecule has 3 N–H and O–H groups in total. The van der Waals surface area contributed by atoms with Gasteiger partial charge in [0.2, 0.25) is 11.7 Å². The molecule has 0 atom stereocenters. The Morgan fingerprint density at radius 2 is 2.07 bits per heavy atom. The van der Waals surface area contributed by atoms with E-state index in [9.17, 15) is 13.6 Å². The summed E-state index contributed by atoms with van der Waals surface area (Å²) in [5.74, 6) is -0.218. The van der Waals surface area contributed by atoms with Crippen molar-refractivity contribution in [2.45, 2.75) is 13.2 Å². The van der Waals surface area contributed by atoms with E-state index in [-0.39, 0.29) is 35.3 Å². The van der Waals surface area contributed by atoms with Gasteiger partial charge in [-0.25, -0.2) is 0 Å². The molecular formula is C18H15ClF2N4O4. The molecule has 152 valence electrons. The van der Waals surface area contributed by atoms with Crippen LogP contribution in [-0.4, -0.2) is 29.8 Å². The molecule has 1 amide bonds. The zero-order valence-corrected chi connectivity index (χ0v) is 15.7. The fourth-order valence-corrected chi connectivity index (χ4v) is 2.66. The number of nitrogens with two attached hydrogens (primary N) is 1. The molecule has 0 saturated heterocycles. The highest BCUT2D eigenvalue weighted by molar-refractivity contribution is 6.31. The second kappa shape index (κ2) is 8.74. The zero-order valence-electron chi connectivity index (χ0n) is 15.0. The molecule has 0 bridgehead atoms. The number of halogens is 3. The van der Waals surface area contributed by atoms with Crippen molar-refractivity contribution in [3.05, 3.63) is 52.9 Å². The van der Waals surface area contributed by atoms with Crippen LogP contribution in [0.2, 0.25) is 5.02 Å². The number of ether oxygens (including phenoxy) is 2. The molecule has 1 heterocycles. The van der Waals surface area contributed by atoms with E-state index in [0.29, 0.717) is 16.3 Å². The lowest BCUT2D eigenvalue weighted by Crippen LogP contribution is -2.14. The quantitative estimate of drug-likeness (QED) is 0.566. The maximum atomic E-state index is 12.4. The molecule has 0 aliphatic carbocycles. The molecule has 3 aromatic rings. The van der Waals surface area contributed by atoms with E-state index in [0.717, 1.165) is 0 Å². The Bertz CT molecular complexity index is 1030. The summed E-state index contributed by atoms with van der Waals surface area (Å²) in [6.45, 7) is -2.87. The summed E-state index contributed by atoms with van der Waals surface area (Å²) in [5, 5.41) is 7.20. The fourth-order valence-electron chi connectivity index (χ4n) is 2.49. The van der Waals surface area contributed by atoms with Gasteiger partial charge in [-0.05, 0) is 36.4 Å². The molecule has 0 aliphatic heterocycles. The molecule has 8 nitrogen and oxygen atoms in total. The fraction of sp³-hybridized carbons (Fsp3) is 0.167. The van der Waals surface area contributed by atoms with Gasteiger partial charge in [-0.15, -0.1) is 0 Å². The number of primary amides is 1. The lowest BCUT2D eigenvalue weighted by Gasteiger charge is -2.10. The summed E-state index contributed by atoms with van der Waals surface area (Å²) in [5.41, 5.74) is 6.49. The van der Waals surface area contributed by atoms with Crippen LogP contribution in [0.1, 0.15) is 16.2 Å². The summed E-state index contributed by atoms with van der Waals surface area (Å²) in [6.07, 6.45) is 0. The largest absolute Gasteiger partial charge is 0.493 e. The van der Waals surface area contributed by atoms with Crippen LogP contribution < -0.4 is 20.5 Å². The predicted octanol–water partition coefficient (Wildman–Crippen LogP) is 3.71. The van der Waals surface area contributed by atoms with E-state index in [2.05, 4.69) is 20.2 Å². The van der Waals surface area contributed by atoms with Gasteiger partial charge in [0.25, 0.3) is 5.91 Å². The molecule has 3 rings (SSSR count). The highest BCUT2D eigenvalue weighted by Crippen LogP contribution is 2.32. The molecule has 0 spiro atoms. The molecule has 0 fully saturated rings. The minimum absolute atomic E-state index is 0.0968. The molecule has 29 heavy (non-hydrogen) atoms. The Hall–Kier alpha value is -3.40. The Kier molecular flexibility index (Phi) is 6.13. The van der Waals surface area contributed by atoms with E-state index >= 15 is 0 Å². The Labute approximate surface area is 168 Å². The maximum absolute atomic E-state index is 12.4. The highest BCUT2D eigenvalue weighted by atomic mass is 35.5. The van der Waals surface area contributed by atoms with E-state index < -0.39 is 12.5 Å². The normalized spacial score (nSPS) is 10.8. The van der Waals surface area contributed by atoms with Crippen LogP contribution in [0, 0.1) is 0 Å². The molecule has 0 unspecified atom stereocenters. The van der Waals surface area contributed by atoms with Crippen molar-refractivity contribution in [3.8, 4) is 22.9 Å². The number of anilines is 1. The first-order valence-corrected chi connectivity index (χ1v) is 8.54. The number of alkyl halides is 2. The van der Waals surface area contributed by atoms with Gasteiger partial charge in [0.1, 0.15) is 0 Å². The monoisotopic (exact) mass is 424 g/mol. The van der Waals surface area contributed by atoms with Crippen molar-refractivity contribution < 1.29 is 27.6 Å².